The molecule has 1 amide bonds. The van der Waals surface area contributed by atoms with E-state index in [2.05, 4.69) is 10.3 Å². The minimum Gasteiger partial charge on any atom is -0.477 e. The molecule has 0 aliphatic carbocycles. The summed E-state index contributed by atoms with van der Waals surface area (Å²) in [6, 6.07) is 11.7. The number of carboxylic acids is 1. The monoisotopic (exact) mass is 447 g/mol. The van der Waals surface area contributed by atoms with Crippen molar-refractivity contribution in [1.82, 2.24) is 18.9 Å². The molecule has 0 spiro atoms. The second-order valence-corrected chi connectivity index (χ2v) is 7.42. The summed E-state index contributed by atoms with van der Waals surface area (Å²) in [5.74, 6) is -1.96. The summed E-state index contributed by atoms with van der Waals surface area (Å²) in [4.78, 5) is 54.2. The number of hydrogen-bond acceptors (Lipinski definition) is 5. The van der Waals surface area contributed by atoms with E-state index in [4.69, 9.17) is 0 Å². The van der Waals surface area contributed by atoms with Gasteiger partial charge in [-0.1, -0.05) is 18.2 Å². The standard InChI is InChI=1S/C23H21N5O5/c1-4-27-12-16(23(32)33)19(29)15-10-11-17(24-20(15)27)21(30)25-18-13(2)26(3)28(22(18)31)14-8-6-5-7-9-14/h5-12H,4H2,1-3H3,(H,25,30)(H,32,33). The van der Waals surface area contributed by atoms with Crippen LogP contribution in [0.25, 0.3) is 16.7 Å². The van der Waals surface area contributed by atoms with Crippen LogP contribution in [0.2, 0.25) is 0 Å². The lowest BCUT2D eigenvalue weighted by Gasteiger charge is -2.10. The smallest absolute Gasteiger partial charge is 0.341 e. The summed E-state index contributed by atoms with van der Waals surface area (Å²) in [5.41, 5.74) is 0.0474. The van der Waals surface area contributed by atoms with Gasteiger partial charge in [-0.25, -0.2) is 14.5 Å². The van der Waals surface area contributed by atoms with Crippen LogP contribution < -0.4 is 16.3 Å². The highest BCUT2D eigenvalue weighted by molar-refractivity contribution is 6.04. The first-order valence-corrected chi connectivity index (χ1v) is 10.2. The zero-order chi connectivity index (χ0) is 23.9. The van der Waals surface area contributed by atoms with Gasteiger partial charge in [-0.15, -0.1) is 0 Å². The third-order valence-electron chi connectivity index (χ3n) is 5.52. The molecule has 4 aromatic rings. The van der Waals surface area contributed by atoms with Crippen LogP contribution in [0.4, 0.5) is 5.69 Å². The molecule has 10 nitrogen and oxygen atoms in total. The number of rotatable bonds is 5. The van der Waals surface area contributed by atoms with Crippen LogP contribution in [0.5, 0.6) is 0 Å². The van der Waals surface area contributed by atoms with Gasteiger partial charge in [0.05, 0.1) is 16.8 Å². The Labute approximate surface area is 187 Å². The van der Waals surface area contributed by atoms with Crippen molar-refractivity contribution in [2.45, 2.75) is 20.4 Å². The quantitative estimate of drug-likeness (QED) is 0.483. The number of aryl methyl sites for hydroxylation is 1. The Morgan fingerprint density at radius 3 is 2.42 bits per heavy atom. The number of hydrogen-bond donors (Lipinski definition) is 2. The molecular formula is C23H21N5O5. The first-order valence-electron chi connectivity index (χ1n) is 10.2. The lowest BCUT2D eigenvalue weighted by Crippen LogP contribution is -2.24. The van der Waals surface area contributed by atoms with E-state index in [9.17, 15) is 24.3 Å². The number of aromatic carboxylic acids is 1. The molecule has 0 radical (unpaired) electrons. The number of amides is 1. The molecule has 33 heavy (non-hydrogen) atoms. The Morgan fingerprint density at radius 1 is 1.09 bits per heavy atom. The fraction of sp³-hybridized carbons (Fsp3) is 0.174. The molecule has 3 aromatic heterocycles. The van der Waals surface area contributed by atoms with Gasteiger partial charge in [-0.3, -0.25) is 19.1 Å². The Morgan fingerprint density at radius 2 is 1.79 bits per heavy atom. The molecule has 0 saturated heterocycles. The lowest BCUT2D eigenvalue weighted by atomic mass is 10.1. The van der Waals surface area contributed by atoms with E-state index in [1.165, 1.54) is 27.6 Å². The largest absolute Gasteiger partial charge is 0.477 e. The molecule has 4 rings (SSSR count). The van der Waals surface area contributed by atoms with Crippen molar-refractivity contribution >= 4 is 28.6 Å². The summed E-state index contributed by atoms with van der Waals surface area (Å²) >= 11 is 0. The Kier molecular flexibility index (Phi) is 5.42. The van der Waals surface area contributed by atoms with Crippen molar-refractivity contribution in [1.29, 1.82) is 0 Å². The molecule has 0 aliphatic heterocycles. The van der Waals surface area contributed by atoms with E-state index in [-0.39, 0.29) is 28.0 Å². The van der Waals surface area contributed by atoms with Crippen LogP contribution in [0.3, 0.4) is 0 Å². The molecule has 0 bridgehead atoms. The Bertz CT molecular complexity index is 1530. The van der Waals surface area contributed by atoms with Crippen LogP contribution in [0.15, 0.2) is 58.3 Å². The van der Waals surface area contributed by atoms with E-state index in [0.717, 1.165) is 0 Å². The topological polar surface area (TPSA) is 128 Å². The number of pyridine rings is 2. The molecule has 3 heterocycles. The van der Waals surface area contributed by atoms with Crippen molar-refractivity contribution in [3.8, 4) is 5.69 Å². The number of fused-ring (bicyclic) bond motifs is 1. The second kappa shape index (κ2) is 8.23. The highest BCUT2D eigenvalue weighted by Gasteiger charge is 2.21. The van der Waals surface area contributed by atoms with Gasteiger partial charge in [0.15, 0.2) is 0 Å². The zero-order valence-electron chi connectivity index (χ0n) is 18.2. The molecule has 0 unspecified atom stereocenters. The van der Waals surface area contributed by atoms with Gasteiger partial charge in [0.25, 0.3) is 11.5 Å². The van der Waals surface area contributed by atoms with Crippen molar-refractivity contribution in [3.05, 3.63) is 86.2 Å². The predicted molar refractivity (Wildman–Crippen MR) is 122 cm³/mol. The van der Waals surface area contributed by atoms with E-state index >= 15 is 0 Å². The molecule has 1 aromatic carbocycles. The average molecular weight is 447 g/mol. The van der Waals surface area contributed by atoms with Gasteiger partial charge in [0.2, 0.25) is 5.43 Å². The van der Waals surface area contributed by atoms with Crippen LogP contribution in [0.1, 0.15) is 33.5 Å². The maximum Gasteiger partial charge on any atom is 0.341 e. The van der Waals surface area contributed by atoms with Crippen molar-refractivity contribution in [2.24, 2.45) is 7.05 Å². The van der Waals surface area contributed by atoms with Crippen LogP contribution in [-0.4, -0.2) is 35.9 Å². The summed E-state index contributed by atoms with van der Waals surface area (Å²) in [7, 11) is 1.72. The van der Waals surface area contributed by atoms with Gasteiger partial charge < -0.3 is 15.0 Å². The van der Waals surface area contributed by atoms with Gasteiger partial charge in [-0.05, 0) is 38.1 Å². The van der Waals surface area contributed by atoms with Gasteiger partial charge >= 0.3 is 5.97 Å². The molecule has 0 atom stereocenters. The van der Waals surface area contributed by atoms with E-state index in [1.54, 1.807) is 37.7 Å². The number of benzene rings is 1. The van der Waals surface area contributed by atoms with Gasteiger partial charge in [-0.2, -0.15) is 0 Å². The van der Waals surface area contributed by atoms with Crippen molar-refractivity contribution in [3.63, 3.8) is 0 Å². The third kappa shape index (κ3) is 3.61. The highest BCUT2D eigenvalue weighted by Crippen LogP contribution is 2.16. The summed E-state index contributed by atoms with van der Waals surface area (Å²) in [6.07, 6.45) is 1.21. The third-order valence-corrected chi connectivity index (χ3v) is 5.52. The highest BCUT2D eigenvalue weighted by atomic mass is 16.4. The molecule has 0 fully saturated rings. The summed E-state index contributed by atoms with van der Waals surface area (Å²) < 4.78 is 4.58. The van der Waals surface area contributed by atoms with Crippen LogP contribution in [0, 0.1) is 6.92 Å². The minimum absolute atomic E-state index is 0.0129. The normalized spacial score (nSPS) is 11.0. The van der Waals surface area contributed by atoms with Gasteiger partial charge in [0.1, 0.15) is 22.6 Å². The van der Waals surface area contributed by atoms with E-state index < -0.39 is 22.9 Å². The molecule has 168 valence electrons. The lowest BCUT2D eigenvalue weighted by molar-refractivity contribution is 0.0694. The summed E-state index contributed by atoms with van der Waals surface area (Å²) in [5, 5.41) is 12.0. The number of nitrogens with one attached hydrogen (secondary N) is 1. The number of para-hydroxylation sites is 1. The fourth-order valence-electron chi connectivity index (χ4n) is 3.67. The Balaban J connectivity index is 1.77. The molecule has 0 saturated carbocycles. The number of carbonyl (C=O) groups is 2. The number of carboxylic acid groups (broad SMARTS) is 1. The fourth-order valence-corrected chi connectivity index (χ4v) is 3.67. The SMILES string of the molecule is CCn1cc(C(=O)O)c(=O)c2ccc(C(=O)Nc3c(C)n(C)n(-c4ccccc4)c3=O)nc21. The van der Waals surface area contributed by atoms with E-state index in [1.807, 2.05) is 18.2 Å². The predicted octanol–water partition coefficient (Wildman–Crippen LogP) is 2.16. The summed E-state index contributed by atoms with van der Waals surface area (Å²) in [6.45, 7) is 3.82. The first kappa shape index (κ1) is 21.8. The minimum atomic E-state index is -1.33. The maximum atomic E-state index is 13.0. The second-order valence-electron chi connectivity index (χ2n) is 7.42. The van der Waals surface area contributed by atoms with Crippen LogP contribution >= 0.6 is 0 Å². The van der Waals surface area contributed by atoms with Crippen molar-refractivity contribution < 1.29 is 14.7 Å². The molecule has 2 N–H and O–H groups in total. The Hall–Kier alpha value is -4.47. The average Bonchev–Trinajstić information content (AvgIpc) is 3.02. The zero-order valence-corrected chi connectivity index (χ0v) is 18.2. The number of nitrogens with zero attached hydrogens (tertiary/aromatic N) is 4. The maximum absolute atomic E-state index is 13.0. The van der Waals surface area contributed by atoms with E-state index in [0.29, 0.717) is 17.9 Å². The van der Waals surface area contributed by atoms with Crippen LogP contribution in [-0.2, 0) is 13.6 Å². The molecular weight excluding hydrogens is 426 g/mol. The number of aromatic nitrogens is 4. The first-order chi connectivity index (χ1) is 15.7. The van der Waals surface area contributed by atoms with Crippen molar-refractivity contribution in [2.75, 3.05) is 5.32 Å². The van der Waals surface area contributed by atoms with Gasteiger partial charge in [0, 0.05) is 19.8 Å². The molecule has 0 aliphatic rings. The number of anilines is 1. The molecule has 10 heteroatoms. The number of carbonyl (C=O) groups excluding carboxylic acids is 1.